The van der Waals surface area contributed by atoms with Crippen LogP contribution in [0.25, 0.3) is 0 Å². The Labute approximate surface area is 111 Å². The fraction of sp³-hybridized carbons (Fsp3) is 0.385. The third kappa shape index (κ3) is 3.60. The van der Waals surface area contributed by atoms with Crippen molar-refractivity contribution in [3.05, 3.63) is 45.4 Å². The smallest absolute Gasteiger partial charge is 0.131 e. The maximum absolute atomic E-state index is 10.0. The van der Waals surface area contributed by atoms with Crippen molar-refractivity contribution in [1.82, 2.24) is 15.5 Å². The van der Waals surface area contributed by atoms with Crippen molar-refractivity contribution in [2.75, 3.05) is 6.54 Å². The molecule has 0 spiro atoms. The molecule has 0 aliphatic rings. The highest BCUT2D eigenvalue weighted by Crippen LogP contribution is 2.14. The van der Waals surface area contributed by atoms with Gasteiger partial charge >= 0.3 is 0 Å². The molecule has 1 atom stereocenters. The fourth-order valence-electron chi connectivity index (χ4n) is 1.72. The van der Waals surface area contributed by atoms with Crippen LogP contribution in [0, 0.1) is 13.8 Å². The highest BCUT2D eigenvalue weighted by Gasteiger charge is 2.07. The summed E-state index contributed by atoms with van der Waals surface area (Å²) in [7, 11) is 0. The van der Waals surface area contributed by atoms with E-state index in [9.17, 15) is 5.11 Å². The summed E-state index contributed by atoms with van der Waals surface area (Å²) in [6, 6.07) is 7.92. The van der Waals surface area contributed by atoms with Crippen LogP contribution in [0.1, 0.15) is 27.2 Å². The van der Waals surface area contributed by atoms with Gasteiger partial charge in [0.25, 0.3) is 0 Å². The zero-order valence-corrected chi connectivity index (χ0v) is 11.4. The molecular weight excluding hydrogens is 246 g/mol. The Kier molecular flexibility index (Phi) is 4.41. The lowest BCUT2D eigenvalue weighted by atomic mass is 10.1. The van der Waals surface area contributed by atoms with Gasteiger partial charge in [0.05, 0.1) is 6.10 Å². The van der Waals surface area contributed by atoms with Crippen LogP contribution in [0.15, 0.2) is 24.3 Å². The maximum atomic E-state index is 10.0. The van der Waals surface area contributed by atoms with Crippen molar-refractivity contribution in [2.24, 2.45) is 0 Å². The van der Waals surface area contributed by atoms with Crippen LogP contribution in [0.4, 0.5) is 0 Å². The number of aryl methyl sites for hydroxylation is 2. The van der Waals surface area contributed by atoms with Crippen LogP contribution in [-0.2, 0) is 6.54 Å². The van der Waals surface area contributed by atoms with Gasteiger partial charge < -0.3 is 10.4 Å². The van der Waals surface area contributed by atoms with Gasteiger partial charge in [0.2, 0.25) is 0 Å². The van der Waals surface area contributed by atoms with E-state index >= 15 is 0 Å². The number of benzene rings is 1. The minimum absolute atomic E-state index is 0.487. The van der Waals surface area contributed by atoms with Crippen LogP contribution in [0.2, 0.25) is 0 Å². The average molecular weight is 263 g/mol. The van der Waals surface area contributed by atoms with Gasteiger partial charge in [-0.3, -0.25) is 0 Å². The highest BCUT2D eigenvalue weighted by molar-refractivity contribution is 7.11. The monoisotopic (exact) mass is 263 g/mol. The molecule has 1 aromatic heterocycles. The van der Waals surface area contributed by atoms with Crippen LogP contribution < -0.4 is 5.32 Å². The zero-order chi connectivity index (χ0) is 13.0. The zero-order valence-electron chi connectivity index (χ0n) is 10.6. The Morgan fingerprint density at radius 3 is 2.83 bits per heavy atom. The van der Waals surface area contributed by atoms with E-state index in [0.29, 0.717) is 13.1 Å². The molecule has 0 radical (unpaired) electrons. The van der Waals surface area contributed by atoms with Gasteiger partial charge in [-0.25, -0.2) is 0 Å². The Morgan fingerprint density at radius 1 is 1.33 bits per heavy atom. The topological polar surface area (TPSA) is 58.0 Å². The number of aliphatic hydroxyl groups is 1. The Hall–Kier alpha value is -1.30. The number of hydrogen-bond acceptors (Lipinski definition) is 5. The molecule has 5 heteroatoms. The average Bonchev–Trinajstić information content (AvgIpc) is 2.75. The lowest BCUT2D eigenvalue weighted by Crippen LogP contribution is -2.21. The molecular formula is C13H17N3OS. The van der Waals surface area contributed by atoms with Crippen LogP contribution in [0.5, 0.6) is 0 Å². The van der Waals surface area contributed by atoms with Crippen LogP contribution >= 0.6 is 11.3 Å². The van der Waals surface area contributed by atoms with Crippen molar-refractivity contribution in [2.45, 2.75) is 26.5 Å². The Bertz CT molecular complexity index is 512. The summed E-state index contributed by atoms with van der Waals surface area (Å²) < 4.78 is 0. The lowest BCUT2D eigenvalue weighted by Gasteiger charge is -2.12. The number of nitrogens with one attached hydrogen (secondary N) is 1. The van der Waals surface area contributed by atoms with Gasteiger partial charge in [-0.1, -0.05) is 29.8 Å². The van der Waals surface area contributed by atoms with Crippen molar-refractivity contribution in [3.63, 3.8) is 0 Å². The molecule has 1 heterocycles. The van der Waals surface area contributed by atoms with Gasteiger partial charge in [0, 0.05) is 13.1 Å². The van der Waals surface area contributed by atoms with E-state index in [-0.39, 0.29) is 0 Å². The van der Waals surface area contributed by atoms with Gasteiger partial charge in [-0.15, -0.1) is 21.5 Å². The first kappa shape index (κ1) is 13.1. The Balaban J connectivity index is 1.83. The third-order valence-electron chi connectivity index (χ3n) is 2.61. The van der Waals surface area contributed by atoms with E-state index in [4.69, 9.17) is 0 Å². The van der Waals surface area contributed by atoms with Crippen LogP contribution in [-0.4, -0.2) is 21.8 Å². The molecule has 2 N–H and O–H groups in total. The summed E-state index contributed by atoms with van der Waals surface area (Å²) in [5.74, 6) is 0. The SMILES string of the molecule is Cc1cccc(C(O)CNCc2nnc(C)s2)c1. The van der Waals surface area contributed by atoms with E-state index in [1.165, 1.54) is 0 Å². The molecule has 2 rings (SSSR count). The van der Waals surface area contributed by atoms with Gasteiger partial charge in [0.1, 0.15) is 10.0 Å². The minimum atomic E-state index is -0.487. The second kappa shape index (κ2) is 6.04. The lowest BCUT2D eigenvalue weighted by molar-refractivity contribution is 0.174. The van der Waals surface area contributed by atoms with Crippen molar-refractivity contribution in [3.8, 4) is 0 Å². The summed E-state index contributed by atoms with van der Waals surface area (Å²) in [6.45, 7) is 5.12. The van der Waals surface area contributed by atoms with E-state index in [1.54, 1.807) is 11.3 Å². The highest BCUT2D eigenvalue weighted by atomic mass is 32.1. The van der Waals surface area contributed by atoms with E-state index < -0.39 is 6.10 Å². The van der Waals surface area contributed by atoms with Gasteiger partial charge in [-0.2, -0.15) is 0 Å². The molecule has 1 unspecified atom stereocenters. The quantitative estimate of drug-likeness (QED) is 0.866. The van der Waals surface area contributed by atoms with E-state index in [1.807, 2.05) is 38.1 Å². The summed E-state index contributed by atoms with van der Waals surface area (Å²) in [4.78, 5) is 0. The second-order valence-corrected chi connectivity index (χ2v) is 5.54. The van der Waals surface area contributed by atoms with Crippen LogP contribution in [0.3, 0.4) is 0 Å². The van der Waals surface area contributed by atoms with E-state index in [0.717, 1.165) is 21.1 Å². The summed E-state index contributed by atoms with van der Waals surface area (Å²) in [6.07, 6.45) is -0.487. The standard InChI is InChI=1S/C13H17N3OS/c1-9-4-3-5-11(6-9)12(17)7-14-8-13-16-15-10(2)18-13/h3-6,12,14,17H,7-8H2,1-2H3. The number of rotatable bonds is 5. The first-order valence-corrected chi connectivity index (χ1v) is 6.71. The fourth-order valence-corrected chi connectivity index (χ4v) is 2.40. The predicted octanol–water partition coefficient (Wildman–Crippen LogP) is 1.98. The maximum Gasteiger partial charge on any atom is 0.131 e. The molecule has 1 aromatic carbocycles. The van der Waals surface area contributed by atoms with Crippen molar-refractivity contribution < 1.29 is 5.11 Å². The second-order valence-electron chi connectivity index (χ2n) is 4.28. The number of aliphatic hydroxyl groups excluding tert-OH is 1. The first-order valence-electron chi connectivity index (χ1n) is 5.89. The molecule has 0 saturated carbocycles. The first-order chi connectivity index (χ1) is 8.65. The van der Waals surface area contributed by atoms with Gasteiger partial charge in [0.15, 0.2) is 0 Å². The minimum Gasteiger partial charge on any atom is -0.387 e. The molecule has 0 fully saturated rings. The number of aromatic nitrogens is 2. The van der Waals surface area contributed by atoms with Crippen molar-refractivity contribution in [1.29, 1.82) is 0 Å². The van der Waals surface area contributed by atoms with E-state index in [2.05, 4.69) is 15.5 Å². The molecule has 96 valence electrons. The normalized spacial score (nSPS) is 12.6. The number of nitrogens with zero attached hydrogens (tertiary/aromatic N) is 2. The molecule has 2 aromatic rings. The molecule has 0 bridgehead atoms. The van der Waals surface area contributed by atoms with Gasteiger partial charge in [-0.05, 0) is 19.4 Å². The summed E-state index contributed by atoms with van der Waals surface area (Å²) >= 11 is 1.57. The third-order valence-corrected chi connectivity index (χ3v) is 3.45. The summed E-state index contributed by atoms with van der Waals surface area (Å²) in [5, 5.41) is 23.1. The molecule has 0 aliphatic carbocycles. The number of hydrogen-bond donors (Lipinski definition) is 2. The molecule has 0 aliphatic heterocycles. The Morgan fingerprint density at radius 2 is 2.17 bits per heavy atom. The molecule has 0 saturated heterocycles. The predicted molar refractivity (Wildman–Crippen MR) is 72.5 cm³/mol. The molecule has 0 amide bonds. The molecule has 4 nitrogen and oxygen atoms in total. The molecule has 18 heavy (non-hydrogen) atoms. The van der Waals surface area contributed by atoms with Crippen molar-refractivity contribution >= 4 is 11.3 Å². The summed E-state index contributed by atoms with van der Waals surface area (Å²) in [5.41, 5.74) is 2.10. The largest absolute Gasteiger partial charge is 0.387 e.